The van der Waals surface area contributed by atoms with Gasteiger partial charge in [0.2, 0.25) is 0 Å². The summed E-state index contributed by atoms with van der Waals surface area (Å²) in [6.45, 7) is 7.80. The van der Waals surface area contributed by atoms with Gasteiger partial charge in [-0.15, -0.1) is 0 Å². The van der Waals surface area contributed by atoms with Gasteiger partial charge in [0, 0.05) is 67.4 Å². The molecule has 2 aromatic carbocycles. The summed E-state index contributed by atoms with van der Waals surface area (Å²) in [5.41, 5.74) is 2.80. The van der Waals surface area contributed by atoms with E-state index in [0.717, 1.165) is 37.3 Å². The van der Waals surface area contributed by atoms with E-state index in [9.17, 15) is 13.4 Å². The number of piperidine rings is 1. The molecule has 1 atom stereocenters. The predicted octanol–water partition coefficient (Wildman–Crippen LogP) is 4.13. The first kappa shape index (κ1) is 23.4. The Morgan fingerprint density at radius 1 is 0.970 bits per heavy atom. The molecular weight excluding hydrogens is 437 g/mol. The molecule has 0 saturated carbocycles. The standard InChI is InChI=1S/C26H32FN3O2S/c1-4-20-8-9-21(18-24(20)27)28-14-16-30(17-15-28)26(31)23-19-22(33(2,3)32)10-11-25(23)29-12-6-5-7-13-29/h4,8-11,18-19H,1-2,5-7,12-17H2,3H3. The van der Waals surface area contributed by atoms with Gasteiger partial charge in [-0.2, -0.15) is 0 Å². The molecule has 7 heteroatoms. The summed E-state index contributed by atoms with van der Waals surface area (Å²) in [4.78, 5) is 20.4. The zero-order valence-corrected chi connectivity index (χ0v) is 20.1. The average molecular weight is 470 g/mol. The van der Waals surface area contributed by atoms with Crippen molar-refractivity contribution in [3.8, 4) is 0 Å². The molecule has 0 aliphatic carbocycles. The zero-order valence-electron chi connectivity index (χ0n) is 19.3. The van der Waals surface area contributed by atoms with Gasteiger partial charge in [0.1, 0.15) is 5.82 Å². The molecule has 2 aliphatic rings. The van der Waals surface area contributed by atoms with E-state index < -0.39 is 9.52 Å². The third-order valence-corrected chi connectivity index (χ3v) is 7.78. The fourth-order valence-corrected chi connectivity index (χ4v) is 5.31. The van der Waals surface area contributed by atoms with Crippen molar-refractivity contribution < 1.29 is 13.4 Å². The van der Waals surface area contributed by atoms with Crippen LogP contribution in [0.3, 0.4) is 0 Å². The van der Waals surface area contributed by atoms with Gasteiger partial charge in [0.05, 0.1) is 5.56 Å². The maximum Gasteiger partial charge on any atom is 0.256 e. The number of halogens is 1. The van der Waals surface area contributed by atoms with Crippen molar-refractivity contribution in [1.82, 2.24) is 4.90 Å². The van der Waals surface area contributed by atoms with Crippen molar-refractivity contribution in [2.75, 3.05) is 55.3 Å². The molecule has 1 unspecified atom stereocenters. The summed E-state index contributed by atoms with van der Waals surface area (Å²) < 4.78 is 26.8. The SMILES string of the molecule is C=Cc1ccc(N2CCN(C(=O)c3cc(S(=C)(C)=O)ccc3N3CCCCC3)CC2)cc1F. The van der Waals surface area contributed by atoms with Crippen LogP contribution in [0.25, 0.3) is 6.08 Å². The van der Waals surface area contributed by atoms with Crippen LogP contribution < -0.4 is 9.80 Å². The topological polar surface area (TPSA) is 43.9 Å². The molecule has 2 fully saturated rings. The Hall–Kier alpha value is -2.80. The highest BCUT2D eigenvalue weighted by atomic mass is 32.2. The van der Waals surface area contributed by atoms with Crippen molar-refractivity contribution >= 4 is 38.8 Å². The molecule has 0 N–H and O–H groups in total. The number of nitrogens with zero attached hydrogens (tertiary/aromatic N) is 3. The van der Waals surface area contributed by atoms with Crippen molar-refractivity contribution in [3.63, 3.8) is 0 Å². The van der Waals surface area contributed by atoms with Crippen LogP contribution in [0.4, 0.5) is 15.8 Å². The number of amides is 1. The monoisotopic (exact) mass is 469 g/mol. The lowest BCUT2D eigenvalue weighted by Crippen LogP contribution is -2.49. The molecule has 0 spiro atoms. The van der Waals surface area contributed by atoms with Gasteiger partial charge in [0.15, 0.2) is 0 Å². The van der Waals surface area contributed by atoms with E-state index in [0.29, 0.717) is 42.2 Å². The van der Waals surface area contributed by atoms with Crippen molar-refractivity contribution in [1.29, 1.82) is 0 Å². The van der Waals surface area contributed by atoms with Crippen molar-refractivity contribution in [2.45, 2.75) is 24.2 Å². The number of anilines is 2. The lowest BCUT2D eigenvalue weighted by molar-refractivity contribution is 0.0747. The second kappa shape index (κ2) is 9.59. The highest BCUT2D eigenvalue weighted by Crippen LogP contribution is 2.29. The Morgan fingerprint density at radius 3 is 2.27 bits per heavy atom. The summed E-state index contributed by atoms with van der Waals surface area (Å²) in [6, 6.07) is 10.7. The van der Waals surface area contributed by atoms with E-state index >= 15 is 0 Å². The van der Waals surface area contributed by atoms with Crippen LogP contribution in [0.5, 0.6) is 0 Å². The van der Waals surface area contributed by atoms with E-state index in [1.807, 2.05) is 23.1 Å². The van der Waals surface area contributed by atoms with Crippen LogP contribution in [0.1, 0.15) is 35.2 Å². The molecular formula is C26H32FN3O2S. The maximum atomic E-state index is 14.2. The third kappa shape index (κ3) is 5.08. The Labute approximate surface area is 196 Å². The number of piperazine rings is 1. The fourth-order valence-electron chi connectivity index (χ4n) is 4.58. The van der Waals surface area contributed by atoms with E-state index in [4.69, 9.17) is 0 Å². The molecule has 4 rings (SSSR count). The third-order valence-electron chi connectivity index (χ3n) is 6.53. The van der Waals surface area contributed by atoms with Crippen LogP contribution in [0.15, 0.2) is 47.9 Å². The average Bonchev–Trinajstić information content (AvgIpc) is 2.83. The van der Waals surface area contributed by atoms with E-state index in [2.05, 4.69) is 22.2 Å². The first-order valence-corrected chi connectivity index (χ1v) is 13.6. The van der Waals surface area contributed by atoms with Gasteiger partial charge in [0.25, 0.3) is 5.91 Å². The number of carbonyl (C=O) groups is 1. The minimum atomic E-state index is -2.43. The van der Waals surface area contributed by atoms with Crippen LogP contribution in [-0.2, 0) is 9.52 Å². The molecule has 33 heavy (non-hydrogen) atoms. The minimum absolute atomic E-state index is 0.0473. The van der Waals surface area contributed by atoms with Crippen LogP contribution >= 0.6 is 0 Å². The van der Waals surface area contributed by atoms with Crippen LogP contribution in [0, 0.1) is 5.82 Å². The lowest BCUT2D eigenvalue weighted by atomic mass is 10.1. The van der Waals surface area contributed by atoms with Gasteiger partial charge in [-0.05, 0) is 65.0 Å². The molecule has 5 nitrogen and oxygen atoms in total. The largest absolute Gasteiger partial charge is 0.371 e. The van der Waals surface area contributed by atoms with Gasteiger partial charge in [-0.1, -0.05) is 18.7 Å². The summed E-state index contributed by atoms with van der Waals surface area (Å²) in [6.07, 6.45) is 6.52. The van der Waals surface area contributed by atoms with Gasteiger partial charge < -0.3 is 14.7 Å². The smallest absolute Gasteiger partial charge is 0.256 e. The normalized spacial score (nSPS) is 18.7. The highest BCUT2D eigenvalue weighted by Gasteiger charge is 2.27. The predicted molar refractivity (Wildman–Crippen MR) is 137 cm³/mol. The van der Waals surface area contributed by atoms with Crippen molar-refractivity contribution in [2.24, 2.45) is 0 Å². The first-order chi connectivity index (χ1) is 15.8. The summed E-state index contributed by atoms with van der Waals surface area (Å²) >= 11 is 0. The van der Waals surface area contributed by atoms with Gasteiger partial charge in [-0.3, -0.25) is 9.00 Å². The number of benzene rings is 2. The first-order valence-electron chi connectivity index (χ1n) is 11.5. The van der Waals surface area contributed by atoms with Crippen molar-refractivity contribution in [3.05, 3.63) is 59.9 Å². The number of rotatable bonds is 5. The molecule has 1 amide bonds. The number of hydrogen-bond acceptors (Lipinski definition) is 4. The van der Waals surface area contributed by atoms with E-state index in [1.54, 1.807) is 18.4 Å². The Bertz CT molecular complexity index is 1150. The van der Waals surface area contributed by atoms with Crippen LogP contribution in [-0.4, -0.2) is 66.4 Å². The molecule has 176 valence electrons. The molecule has 0 bridgehead atoms. The fraction of sp³-hybridized carbons (Fsp3) is 0.385. The lowest BCUT2D eigenvalue weighted by Gasteiger charge is -2.37. The Morgan fingerprint density at radius 2 is 1.67 bits per heavy atom. The summed E-state index contributed by atoms with van der Waals surface area (Å²) in [5, 5.41) is 0. The minimum Gasteiger partial charge on any atom is -0.371 e. The van der Waals surface area contributed by atoms with Crippen LogP contribution in [0.2, 0.25) is 0 Å². The molecule has 0 radical (unpaired) electrons. The molecule has 2 aromatic rings. The Balaban J connectivity index is 1.55. The zero-order chi connectivity index (χ0) is 23.6. The maximum absolute atomic E-state index is 14.2. The molecule has 2 saturated heterocycles. The molecule has 2 heterocycles. The highest BCUT2D eigenvalue weighted by molar-refractivity contribution is 7.99. The molecule has 2 aliphatic heterocycles. The second-order valence-electron chi connectivity index (χ2n) is 8.92. The number of carbonyl (C=O) groups excluding carboxylic acids is 1. The molecule has 0 aromatic heterocycles. The quantitative estimate of drug-likeness (QED) is 0.618. The van der Waals surface area contributed by atoms with Gasteiger partial charge in [-0.25, -0.2) is 4.39 Å². The second-order valence-corrected chi connectivity index (χ2v) is 11.4. The van der Waals surface area contributed by atoms with E-state index in [-0.39, 0.29) is 11.7 Å². The Kier molecular flexibility index (Phi) is 6.79. The summed E-state index contributed by atoms with van der Waals surface area (Å²) in [5.74, 6) is 3.47. The van der Waals surface area contributed by atoms with Gasteiger partial charge >= 0.3 is 0 Å². The van der Waals surface area contributed by atoms with E-state index in [1.165, 1.54) is 18.6 Å². The number of hydrogen-bond donors (Lipinski definition) is 0. The summed E-state index contributed by atoms with van der Waals surface area (Å²) in [7, 11) is -2.43.